The van der Waals surface area contributed by atoms with E-state index in [0.29, 0.717) is 13.1 Å². The lowest BCUT2D eigenvalue weighted by molar-refractivity contribution is -0.180. The van der Waals surface area contributed by atoms with Crippen LogP contribution in [-0.2, 0) is 4.79 Å². The zero-order chi connectivity index (χ0) is 14.8. The Hall–Kier alpha value is -0.820. The second-order valence-corrected chi connectivity index (χ2v) is 5.73. The summed E-state index contributed by atoms with van der Waals surface area (Å²) in [7, 11) is 0. The van der Waals surface area contributed by atoms with E-state index in [4.69, 9.17) is 5.11 Å². The Labute approximate surface area is 116 Å². The Balaban J connectivity index is 1.80. The number of hydrogen-bond donors (Lipinski definition) is 2. The molecule has 0 saturated carbocycles. The molecule has 0 aromatic carbocycles. The number of piperidine rings is 2. The lowest BCUT2D eigenvalue weighted by Gasteiger charge is -2.36. The second-order valence-electron chi connectivity index (χ2n) is 5.73. The number of nitrogens with zero attached hydrogens (tertiary/aromatic N) is 1. The number of halogens is 3. The normalized spacial score (nSPS) is 29.5. The first-order valence-electron chi connectivity index (χ1n) is 7.11. The van der Waals surface area contributed by atoms with Gasteiger partial charge in [0.25, 0.3) is 0 Å². The molecule has 116 valence electrons. The zero-order valence-electron chi connectivity index (χ0n) is 11.3. The molecule has 0 spiro atoms. The van der Waals surface area contributed by atoms with E-state index in [1.165, 1.54) is 0 Å². The quantitative estimate of drug-likeness (QED) is 0.803. The summed E-state index contributed by atoms with van der Waals surface area (Å²) in [6.07, 6.45) is -2.40. The van der Waals surface area contributed by atoms with Crippen molar-refractivity contribution in [2.75, 3.05) is 26.2 Å². The molecule has 0 aromatic heterocycles. The summed E-state index contributed by atoms with van der Waals surface area (Å²) in [5, 5.41) is 11.8. The maximum absolute atomic E-state index is 12.5. The van der Waals surface area contributed by atoms with E-state index in [1.54, 1.807) is 4.90 Å². The lowest BCUT2D eigenvalue weighted by atomic mass is 9.92. The van der Waals surface area contributed by atoms with Crippen molar-refractivity contribution in [2.24, 2.45) is 11.8 Å². The lowest BCUT2D eigenvalue weighted by Crippen LogP contribution is -2.53. The number of carbonyl (C=O) groups is 1. The first-order valence-corrected chi connectivity index (χ1v) is 7.11. The van der Waals surface area contributed by atoms with Crippen LogP contribution in [0, 0.1) is 11.8 Å². The molecule has 2 N–H and O–H groups in total. The van der Waals surface area contributed by atoms with Crippen LogP contribution in [0.2, 0.25) is 0 Å². The number of aliphatic hydroxyl groups is 1. The van der Waals surface area contributed by atoms with Crippen molar-refractivity contribution in [1.29, 1.82) is 0 Å². The largest absolute Gasteiger partial charge is 0.396 e. The third-order valence-corrected chi connectivity index (χ3v) is 4.36. The highest BCUT2D eigenvalue weighted by Gasteiger charge is 2.43. The molecule has 0 aliphatic carbocycles. The SMILES string of the molecule is O=C(C1CCC(C(F)(F)F)CN1)N1CCC(CO)CC1. The molecule has 2 rings (SSSR count). The molecule has 2 saturated heterocycles. The molecule has 2 unspecified atom stereocenters. The molecule has 0 bridgehead atoms. The fourth-order valence-electron chi connectivity index (χ4n) is 2.90. The minimum atomic E-state index is -4.18. The summed E-state index contributed by atoms with van der Waals surface area (Å²) in [5.74, 6) is -1.19. The molecule has 2 aliphatic rings. The monoisotopic (exact) mass is 294 g/mol. The molecule has 2 aliphatic heterocycles. The number of likely N-dealkylation sites (tertiary alicyclic amines) is 1. The van der Waals surface area contributed by atoms with Crippen molar-refractivity contribution in [2.45, 2.75) is 37.9 Å². The zero-order valence-corrected chi connectivity index (χ0v) is 11.3. The van der Waals surface area contributed by atoms with Crippen LogP contribution < -0.4 is 5.32 Å². The minimum Gasteiger partial charge on any atom is -0.396 e. The Bertz CT molecular complexity index is 333. The van der Waals surface area contributed by atoms with Gasteiger partial charge in [-0.25, -0.2) is 0 Å². The standard InChI is InChI=1S/C13H21F3N2O2/c14-13(15,16)10-1-2-11(17-7-10)12(20)18-5-3-9(8-19)4-6-18/h9-11,17,19H,1-8H2. The molecule has 2 heterocycles. The fraction of sp³-hybridized carbons (Fsp3) is 0.923. The van der Waals surface area contributed by atoms with Gasteiger partial charge in [0.05, 0.1) is 12.0 Å². The minimum absolute atomic E-state index is 0.0139. The third kappa shape index (κ3) is 3.63. The fourth-order valence-corrected chi connectivity index (χ4v) is 2.90. The van der Waals surface area contributed by atoms with Crippen LogP contribution in [0.3, 0.4) is 0 Å². The topological polar surface area (TPSA) is 52.6 Å². The number of carbonyl (C=O) groups excluding carboxylic acids is 1. The highest BCUT2D eigenvalue weighted by Crippen LogP contribution is 2.32. The van der Waals surface area contributed by atoms with Gasteiger partial charge >= 0.3 is 6.18 Å². The maximum Gasteiger partial charge on any atom is 0.393 e. The van der Waals surface area contributed by atoms with Gasteiger partial charge in [-0.2, -0.15) is 13.2 Å². The molecule has 0 aromatic rings. The first-order chi connectivity index (χ1) is 9.41. The summed E-state index contributed by atoms with van der Waals surface area (Å²) in [6.45, 7) is 1.14. The Morgan fingerprint density at radius 1 is 1.20 bits per heavy atom. The van der Waals surface area contributed by atoms with Gasteiger partial charge in [0, 0.05) is 26.2 Å². The second kappa shape index (κ2) is 6.30. The van der Waals surface area contributed by atoms with Gasteiger partial charge in [-0.15, -0.1) is 0 Å². The summed E-state index contributed by atoms with van der Waals surface area (Å²) in [6, 6.07) is -0.487. The van der Waals surface area contributed by atoms with Crippen LogP contribution >= 0.6 is 0 Å². The van der Waals surface area contributed by atoms with Crippen LogP contribution in [0.5, 0.6) is 0 Å². The molecular weight excluding hydrogens is 273 g/mol. The first kappa shape index (κ1) is 15.6. The van der Waals surface area contributed by atoms with Gasteiger partial charge in [0.1, 0.15) is 0 Å². The summed E-state index contributed by atoms with van der Waals surface area (Å²) in [5.41, 5.74) is 0. The Morgan fingerprint density at radius 2 is 1.85 bits per heavy atom. The van der Waals surface area contributed by atoms with Crippen molar-refractivity contribution in [3.63, 3.8) is 0 Å². The Morgan fingerprint density at radius 3 is 2.30 bits per heavy atom. The third-order valence-electron chi connectivity index (χ3n) is 4.36. The van der Waals surface area contributed by atoms with Gasteiger partial charge in [-0.05, 0) is 31.6 Å². The molecule has 2 atom stereocenters. The van der Waals surface area contributed by atoms with E-state index in [1.807, 2.05) is 0 Å². The number of amides is 1. The average Bonchev–Trinajstić information content (AvgIpc) is 2.46. The number of hydrogen-bond acceptors (Lipinski definition) is 3. The van der Waals surface area contributed by atoms with E-state index >= 15 is 0 Å². The Kier molecular flexibility index (Phi) is 4.90. The highest BCUT2D eigenvalue weighted by molar-refractivity contribution is 5.82. The highest BCUT2D eigenvalue weighted by atomic mass is 19.4. The number of rotatable bonds is 2. The molecule has 1 amide bonds. The molecule has 7 heteroatoms. The number of nitrogens with one attached hydrogen (secondary N) is 1. The predicted octanol–water partition coefficient (Wildman–Crippen LogP) is 1.15. The van der Waals surface area contributed by atoms with Crippen molar-refractivity contribution in [1.82, 2.24) is 10.2 Å². The van der Waals surface area contributed by atoms with Gasteiger partial charge in [-0.1, -0.05) is 0 Å². The van der Waals surface area contributed by atoms with Crippen molar-refractivity contribution in [3.05, 3.63) is 0 Å². The maximum atomic E-state index is 12.5. The van der Waals surface area contributed by atoms with Crippen LogP contribution in [0.15, 0.2) is 0 Å². The van der Waals surface area contributed by atoms with Gasteiger partial charge in [0.2, 0.25) is 5.91 Å². The number of alkyl halides is 3. The van der Waals surface area contributed by atoms with Gasteiger partial charge in [0.15, 0.2) is 0 Å². The number of aliphatic hydroxyl groups excluding tert-OH is 1. The summed E-state index contributed by atoms with van der Waals surface area (Å²) < 4.78 is 37.6. The van der Waals surface area contributed by atoms with Crippen LogP contribution in [0.1, 0.15) is 25.7 Å². The average molecular weight is 294 g/mol. The molecule has 2 fully saturated rings. The van der Waals surface area contributed by atoms with E-state index in [9.17, 15) is 18.0 Å². The van der Waals surface area contributed by atoms with E-state index in [-0.39, 0.29) is 37.8 Å². The summed E-state index contributed by atoms with van der Waals surface area (Å²) in [4.78, 5) is 13.9. The summed E-state index contributed by atoms with van der Waals surface area (Å²) >= 11 is 0. The molecular formula is C13H21F3N2O2. The van der Waals surface area contributed by atoms with Crippen molar-refractivity contribution < 1.29 is 23.1 Å². The smallest absolute Gasteiger partial charge is 0.393 e. The van der Waals surface area contributed by atoms with E-state index in [0.717, 1.165) is 12.8 Å². The van der Waals surface area contributed by atoms with Gasteiger partial charge in [-0.3, -0.25) is 4.79 Å². The van der Waals surface area contributed by atoms with Crippen LogP contribution in [-0.4, -0.2) is 54.4 Å². The van der Waals surface area contributed by atoms with E-state index < -0.39 is 18.1 Å². The van der Waals surface area contributed by atoms with Crippen LogP contribution in [0.25, 0.3) is 0 Å². The predicted molar refractivity (Wildman–Crippen MR) is 67.0 cm³/mol. The van der Waals surface area contributed by atoms with Crippen molar-refractivity contribution >= 4 is 5.91 Å². The molecule has 20 heavy (non-hydrogen) atoms. The molecule has 0 radical (unpaired) electrons. The van der Waals surface area contributed by atoms with Crippen LogP contribution in [0.4, 0.5) is 13.2 Å². The van der Waals surface area contributed by atoms with E-state index in [2.05, 4.69) is 5.32 Å². The molecule has 4 nitrogen and oxygen atoms in total. The van der Waals surface area contributed by atoms with Crippen molar-refractivity contribution in [3.8, 4) is 0 Å². The van der Waals surface area contributed by atoms with Gasteiger partial charge < -0.3 is 15.3 Å².